The number of carbonyl (C=O) groups excluding carboxylic acids is 1. The van der Waals surface area contributed by atoms with E-state index in [4.69, 9.17) is 4.74 Å². The van der Waals surface area contributed by atoms with E-state index in [-0.39, 0.29) is 5.91 Å². The molecule has 5 heteroatoms. The van der Waals surface area contributed by atoms with E-state index in [1.165, 1.54) is 0 Å². The highest BCUT2D eigenvalue weighted by Gasteiger charge is 2.07. The fourth-order valence-corrected chi connectivity index (χ4v) is 2.30. The van der Waals surface area contributed by atoms with E-state index < -0.39 is 0 Å². The molecule has 0 radical (unpaired) electrons. The summed E-state index contributed by atoms with van der Waals surface area (Å²) in [6, 6.07) is 12.9. The lowest BCUT2D eigenvalue weighted by Crippen LogP contribution is -2.17. The van der Waals surface area contributed by atoms with Gasteiger partial charge in [0.05, 0.1) is 17.8 Å². The topological polar surface area (TPSA) is 50.7 Å². The van der Waals surface area contributed by atoms with Gasteiger partial charge >= 0.3 is 0 Å². The molecule has 0 heterocycles. The highest BCUT2D eigenvalue weighted by Crippen LogP contribution is 2.25. The zero-order valence-electron chi connectivity index (χ0n) is 11.8. The van der Waals surface area contributed by atoms with Crippen molar-refractivity contribution in [2.24, 2.45) is 5.10 Å². The predicted molar refractivity (Wildman–Crippen MR) is 86.9 cm³/mol. The van der Waals surface area contributed by atoms with Gasteiger partial charge in [-0.3, -0.25) is 4.79 Å². The Morgan fingerprint density at radius 1 is 1.29 bits per heavy atom. The highest BCUT2D eigenvalue weighted by molar-refractivity contribution is 9.10. The van der Waals surface area contributed by atoms with Crippen molar-refractivity contribution in [2.75, 3.05) is 7.11 Å². The number of halogens is 1. The molecule has 2 aromatic rings. The Morgan fingerprint density at radius 2 is 2.05 bits per heavy atom. The van der Waals surface area contributed by atoms with Crippen molar-refractivity contribution >= 4 is 28.1 Å². The Hall–Kier alpha value is -2.14. The average Bonchev–Trinajstić information content (AvgIpc) is 2.49. The molecule has 0 atom stereocenters. The molecule has 1 amide bonds. The summed E-state index contributed by atoms with van der Waals surface area (Å²) in [7, 11) is 1.58. The van der Waals surface area contributed by atoms with E-state index >= 15 is 0 Å². The molecule has 0 fully saturated rings. The van der Waals surface area contributed by atoms with Crippen LogP contribution in [0.15, 0.2) is 52.0 Å². The van der Waals surface area contributed by atoms with Crippen LogP contribution >= 0.6 is 15.9 Å². The van der Waals surface area contributed by atoms with Gasteiger partial charge in [-0.1, -0.05) is 24.3 Å². The van der Waals surface area contributed by atoms with Gasteiger partial charge in [0.15, 0.2) is 0 Å². The number of aryl methyl sites for hydroxylation is 1. The van der Waals surface area contributed by atoms with Crippen LogP contribution in [0.25, 0.3) is 0 Å². The molecule has 0 aliphatic heterocycles. The molecule has 0 aliphatic rings. The van der Waals surface area contributed by atoms with Crippen LogP contribution in [0, 0.1) is 6.92 Å². The van der Waals surface area contributed by atoms with Gasteiger partial charge in [-0.15, -0.1) is 0 Å². The molecule has 0 aromatic heterocycles. The standard InChI is InChI=1S/C16H15BrN2O2/c1-11-5-3-4-6-13(11)10-18-19-16(20)12-7-8-15(21-2)14(17)9-12/h3-10H,1-2H3,(H,19,20). The largest absolute Gasteiger partial charge is 0.496 e. The number of benzene rings is 2. The zero-order valence-corrected chi connectivity index (χ0v) is 13.3. The van der Waals surface area contributed by atoms with Crippen molar-refractivity contribution in [1.82, 2.24) is 5.43 Å². The smallest absolute Gasteiger partial charge is 0.271 e. The van der Waals surface area contributed by atoms with Crippen molar-refractivity contribution in [2.45, 2.75) is 6.92 Å². The Kier molecular flexibility index (Phi) is 5.11. The summed E-state index contributed by atoms with van der Waals surface area (Å²) in [4.78, 5) is 12.0. The van der Waals surface area contributed by atoms with Crippen LogP contribution in [0.5, 0.6) is 5.75 Å². The molecule has 0 spiro atoms. The Bertz CT molecular complexity index is 684. The lowest BCUT2D eigenvalue weighted by molar-refractivity contribution is 0.0955. The van der Waals surface area contributed by atoms with E-state index in [9.17, 15) is 4.79 Å². The van der Waals surface area contributed by atoms with Crippen molar-refractivity contribution in [1.29, 1.82) is 0 Å². The van der Waals surface area contributed by atoms with Gasteiger partial charge in [0.25, 0.3) is 5.91 Å². The SMILES string of the molecule is COc1ccc(C(=O)NN=Cc2ccccc2C)cc1Br. The molecular weight excluding hydrogens is 332 g/mol. The van der Waals surface area contributed by atoms with Crippen molar-refractivity contribution in [3.05, 3.63) is 63.6 Å². The summed E-state index contributed by atoms with van der Waals surface area (Å²) in [6.07, 6.45) is 1.63. The van der Waals surface area contributed by atoms with Gasteiger partial charge < -0.3 is 4.74 Å². The molecule has 0 saturated heterocycles. The van der Waals surface area contributed by atoms with Crippen LogP contribution < -0.4 is 10.2 Å². The molecule has 4 nitrogen and oxygen atoms in total. The molecule has 108 valence electrons. The summed E-state index contributed by atoms with van der Waals surface area (Å²) in [6.45, 7) is 1.99. The van der Waals surface area contributed by atoms with Gasteiger partial charge in [0.2, 0.25) is 0 Å². The number of ether oxygens (including phenoxy) is 1. The first-order valence-electron chi connectivity index (χ1n) is 6.34. The number of nitrogens with zero attached hydrogens (tertiary/aromatic N) is 1. The molecule has 0 unspecified atom stereocenters. The van der Waals surface area contributed by atoms with Gasteiger partial charge in [-0.05, 0) is 52.2 Å². The normalized spacial score (nSPS) is 10.6. The number of hydrogen-bond donors (Lipinski definition) is 1. The second-order valence-electron chi connectivity index (χ2n) is 4.41. The van der Waals surface area contributed by atoms with Crippen LogP contribution in [0.3, 0.4) is 0 Å². The summed E-state index contributed by atoms with van der Waals surface area (Å²) >= 11 is 3.35. The average molecular weight is 347 g/mol. The minimum Gasteiger partial charge on any atom is -0.496 e. The van der Waals surface area contributed by atoms with Crippen molar-refractivity contribution in [3.63, 3.8) is 0 Å². The molecule has 2 aromatic carbocycles. The fourth-order valence-electron chi connectivity index (χ4n) is 1.76. The maximum atomic E-state index is 12.0. The van der Waals surface area contributed by atoms with Crippen LogP contribution in [0.2, 0.25) is 0 Å². The van der Waals surface area contributed by atoms with Gasteiger partial charge in [0.1, 0.15) is 5.75 Å². The number of carbonyl (C=O) groups is 1. The third kappa shape index (κ3) is 3.92. The molecule has 2 rings (SSSR count). The number of methoxy groups -OCH3 is 1. The molecule has 0 bridgehead atoms. The quantitative estimate of drug-likeness (QED) is 0.680. The third-order valence-electron chi connectivity index (χ3n) is 2.97. The number of nitrogens with one attached hydrogen (secondary N) is 1. The molecule has 0 aliphatic carbocycles. The van der Waals surface area contributed by atoms with Crippen LogP contribution in [0.1, 0.15) is 21.5 Å². The minimum atomic E-state index is -0.275. The van der Waals surface area contributed by atoms with E-state index in [1.54, 1.807) is 31.5 Å². The van der Waals surface area contributed by atoms with Gasteiger partial charge in [-0.2, -0.15) is 5.10 Å². The van der Waals surface area contributed by atoms with Crippen molar-refractivity contribution in [3.8, 4) is 5.75 Å². The predicted octanol–water partition coefficient (Wildman–Crippen LogP) is 3.53. The Balaban J connectivity index is 2.05. The van der Waals surface area contributed by atoms with E-state index in [1.807, 2.05) is 31.2 Å². The fraction of sp³-hybridized carbons (Fsp3) is 0.125. The minimum absolute atomic E-state index is 0.275. The van der Waals surface area contributed by atoms with E-state index in [0.29, 0.717) is 11.3 Å². The number of rotatable bonds is 4. The van der Waals surface area contributed by atoms with Crippen LogP contribution in [-0.2, 0) is 0 Å². The second-order valence-corrected chi connectivity index (χ2v) is 5.26. The van der Waals surface area contributed by atoms with Crippen LogP contribution in [-0.4, -0.2) is 19.2 Å². The maximum Gasteiger partial charge on any atom is 0.271 e. The number of amides is 1. The van der Waals surface area contributed by atoms with E-state index in [0.717, 1.165) is 15.6 Å². The zero-order chi connectivity index (χ0) is 15.2. The Morgan fingerprint density at radius 3 is 2.71 bits per heavy atom. The molecule has 21 heavy (non-hydrogen) atoms. The summed E-state index contributed by atoms with van der Waals surface area (Å²) in [5.41, 5.74) is 5.08. The van der Waals surface area contributed by atoms with Gasteiger partial charge in [0, 0.05) is 5.56 Å². The number of hydrogen-bond acceptors (Lipinski definition) is 3. The maximum absolute atomic E-state index is 12.0. The molecule has 1 N–H and O–H groups in total. The second kappa shape index (κ2) is 7.04. The first-order chi connectivity index (χ1) is 10.1. The molecular formula is C16H15BrN2O2. The first kappa shape index (κ1) is 15.3. The van der Waals surface area contributed by atoms with Crippen molar-refractivity contribution < 1.29 is 9.53 Å². The first-order valence-corrected chi connectivity index (χ1v) is 7.13. The van der Waals surface area contributed by atoms with Gasteiger partial charge in [-0.25, -0.2) is 5.43 Å². The lowest BCUT2D eigenvalue weighted by atomic mass is 10.1. The van der Waals surface area contributed by atoms with Crippen LogP contribution in [0.4, 0.5) is 0 Å². The lowest BCUT2D eigenvalue weighted by Gasteiger charge is -2.05. The monoisotopic (exact) mass is 346 g/mol. The third-order valence-corrected chi connectivity index (χ3v) is 3.59. The van der Waals surface area contributed by atoms with E-state index in [2.05, 4.69) is 26.5 Å². The highest BCUT2D eigenvalue weighted by atomic mass is 79.9. The molecule has 0 saturated carbocycles. The summed E-state index contributed by atoms with van der Waals surface area (Å²) in [5, 5.41) is 3.98. The Labute approximate surface area is 132 Å². The summed E-state index contributed by atoms with van der Waals surface area (Å²) < 4.78 is 5.85. The summed E-state index contributed by atoms with van der Waals surface area (Å²) in [5.74, 6) is 0.401. The number of hydrazone groups is 1.